The quantitative estimate of drug-likeness (QED) is 0.474. The Balaban J connectivity index is 1.98. The molecule has 94 valence electrons. The first kappa shape index (κ1) is 12.6. The minimum atomic E-state index is -0.101. The fourth-order valence-electron chi connectivity index (χ4n) is 1.90. The van der Waals surface area contributed by atoms with Crippen molar-refractivity contribution >= 4 is 11.6 Å². The first-order valence-corrected chi connectivity index (χ1v) is 6.16. The van der Waals surface area contributed by atoms with E-state index in [1.54, 1.807) is 6.07 Å². The zero-order chi connectivity index (χ0) is 12.3. The third-order valence-electron chi connectivity index (χ3n) is 2.92. The van der Waals surface area contributed by atoms with Gasteiger partial charge in [-0.25, -0.2) is 0 Å². The predicted molar refractivity (Wildman–Crippen MR) is 63.8 cm³/mol. The number of nitrogens with zero attached hydrogens (tertiary/aromatic N) is 1. The van der Waals surface area contributed by atoms with Gasteiger partial charge in [-0.1, -0.05) is 0 Å². The maximum absolute atomic E-state index is 11.3. The standard InChI is InChI=1S/C12H16ClNO3/c1-9(17-11-4-6-16-7-5-11)10-2-3-12(13)14(15)8-10/h2-3,8-9,11H,4-7H2,1H3. The molecule has 0 N–H and O–H groups in total. The van der Waals surface area contributed by atoms with Gasteiger partial charge < -0.3 is 14.7 Å². The van der Waals surface area contributed by atoms with E-state index in [9.17, 15) is 5.21 Å². The Hall–Kier alpha value is -0.840. The lowest BCUT2D eigenvalue weighted by atomic mass is 10.1. The second kappa shape index (κ2) is 5.67. The van der Waals surface area contributed by atoms with Gasteiger partial charge >= 0.3 is 0 Å². The summed E-state index contributed by atoms with van der Waals surface area (Å²) in [4.78, 5) is 0. The average Bonchev–Trinajstić information content (AvgIpc) is 2.34. The maximum atomic E-state index is 11.3. The fraction of sp³-hybridized carbons (Fsp3) is 0.583. The SMILES string of the molecule is CC(OC1CCOCC1)c1ccc(Cl)[n+]([O-])c1. The zero-order valence-electron chi connectivity index (χ0n) is 9.77. The molecular weight excluding hydrogens is 242 g/mol. The molecule has 0 radical (unpaired) electrons. The molecule has 1 aliphatic rings. The molecule has 1 aromatic heterocycles. The van der Waals surface area contributed by atoms with Crippen molar-refractivity contribution in [1.29, 1.82) is 0 Å². The van der Waals surface area contributed by atoms with Crippen molar-refractivity contribution in [3.8, 4) is 0 Å². The van der Waals surface area contributed by atoms with Gasteiger partial charge in [-0.05, 0) is 37.4 Å². The van der Waals surface area contributed by atoms with Crippen LogP contribution in [-0.4, -0.2) is 19.3 Å². The third-order valence-corrected chi connectivity index (χ3v) is 3.22. The van der Waals surface area contributed by atoms with Crippen LogP contribution in [0.2, 0.25) is 5.15 Å². The van der Waals surface area contributed by atoms with Gasteiger partial charge in [-0.15, -0.1) is 0 Å². The number of ether oxygens (including phenoxy) is 2. The number of halogens is 1. The van der Waals surface area contributed by atoms with Gasteiger partial charge in [0.1, 0.15) is 0 Å². The van der Waals surface area contributed by atoms with E-state index in [4.69, 9.17) is 21.1 Å². The van der Waals surface area contributed by atoms with Crippen molar-refractivity contribution in [3.05, 3.63) is 34.3 Å². The first-order chi connectivity index (χ1) is 8.16. The van der Waals surface area contributed by atoms with Crippen LogP contribution in [0.4, 0.5) is 0 Å². The van der Waals surface area contributed by atoms with Crippen LogP contribution in [0, 0.1) is 5.21 Å². The first-order valence-electron chi connectivity index (χ1n) is 5.78. The van der Waals surface area contributed by atoms with Crippen LogP contribution in [0.25, 0.3) is 0 Å². The molecule has 0 amide bonds. The normalized spacial score (nSPS) is 19.2. The molecule has 0 saturated carbocycles. The van der Waals surface area contributed by atoms with Crippen molar-refractivity contribution in [2.75, 3.05) is 13.2 Å². The molecule has 1 aliphatic heterocycles. The van der Waals surface area contributed by atoms with Gasteiger partial charge in [0.05, 0.1) is 12.2 Å². The zero-order valence-corrected chi connectivity index (χ0v) is 10.5. The van der Waals surface area contributed by atoms with Crippen LogP contribution in [0.3, 0.4) is 0 Å². The Morgan fingerprint density at radius 1 is 1.47 bits per heavy atom. The van der Waals surface area contributed by atoms with Crippen molar-refractivity contribution in [2.45, 2.75) is 32.0 Å². The maximum Gasteiger partial charge on any atom is 0.286 e. The third kappa shape index (κ3) is 3.31. The molecule has 5 heteroatoms. The van der Waals surface area contributed by atoms with Crippen molar-refractivity contribution < 1.29 is 14.2 Å². The summed E-state index contributed by atoms with van der Waals surface area (Å²) < 4.78 is 11.8. The van der Waals surface area contributed by atoms with E-state index in [0.717, 1.165) is 31.6 Å². The molecule has 1 unspecified atom stereocenters. The monoisotopic (exact) mass is 257 g/mol. The van der Waals surface area contributed by atoms with Gasteiger partial charge in [0.25, 0.3) is 5.15 Å². The Morgan fingerprint density at radius 2 is 2.18 bits per heavy atom. The highest BCUT2D eigenvalue weighted by Crippen LogP contribution is 2.22. The lowest BCUT2D eigenvalue weighted by molar-refractivity contribution is -0.603. The molecule has 4 nitrogen and oxygen atoms in total. The lowest BCUT2D eigenvalue weighted by Crippen LogP contribution is -2.29. The summed E-state index contributed by atoms with van der Waals surface area (Å²) in [5, 5.41) is 11.5. The van der Waals surface area contributed by atoms with E-state index in [2.05, 4.69) is 0 Å². The van der Waals surface area contributed by atoms with Gasteiger partial charge in [0, 0.05) is 24.8 Å². The minimum absolute atomic E-state index is 0.101. The number of aromatic nitrogens is 1. The molecule has 2 rings (SSSR count). The van der Waals surface area contributed by atoms with E-state index >= 15 is 0 Å². The molecule has 0 spiro atoms. The van der Waals surface area contributed by atoms with Crippen molar-refractivity contribution in [3.63, 3.8) is 0 Å². The van der Waals surface area contributed by atoms with Crippen LogP contribution in [0.15, 0.2) is 18.3 Å². The topological polar surface area (TPSA) is 45.4 Å². The second-order valence-electron chi connectivity index (χ2n) is 4.20. The Morgan fingerprint density at radius 3 is 2.82 bits per heavy atom. The summed E-state index contributed by atoms with van der Waals surface area (Å²) in [5.74, 6) is 0. The molecule has 2 heterocycles. The smallest absolute Gasteiger partial charge is 0.286 e. The predicted octanol–water partition coefficient (Wildman–Crippen LogP) is 2.23. The van der Waals surface area contributed by atoms with Gasteiger partial charge in [-0.3, -0.25) is 0 Å². The highest BCUT2D eigenvalue weighted by atomic mass is 35.5. The van der Waals surface area contributed by atoms with E-state index in [1.807, 2.05) is 13.0 Å². The van der Waals surface area contributed by atoms with Gasteiger partial charge in [-0.2, -0.15) is 4.73 Å². The summed E-state index contributed by atoms with van der Waals surface area (Å²) in [6.07, 6.45) is 3.40. The molecule has 0 aromatic carbocycles. The van der Waals surface area contributed by atoms with Crippen LogP contribution in [0.1, 0.15) is 31.4 Å². The summed E-state index contributed by atoms with van der Waals surface area (Å²) in [6.45, 7) is 3.44. The minimum Gasteiger partial charge on any atom is -0.618 e. The van der Waals surface area contributed by atoms with E-state index in [0.29, 0.717) is 4.73 Å². The van der Waals surface area contributed by atoms with Crippen LogP contribution in [-0.2, 0) is 9.47 Å². The lowest BCUT2D eigenvalue weighted by Gasteiger charge is -2.25. The molecule has 0 aliphatic carbocycles. The van der Waals surface area contributed by atoms with Crippen molar-refractivity contribution in [1.82, 2.24) is 0 Å². The molecule has 0 bridgehead atoms. The summed E-state index contributed by atoms with van der Waals surface area (Å²) in [6, 6.07) is 3.41. The van der Waals surface area contributed by atoms with Crippen molar-refractivity contribution in [2.24, 2.45) is 0 Å². The van der Waals surface area contributed by atoms with Gasteiger partial charge in [0.15, 0.2) is 6.20 Å². The molecule has 1 saturated heterocycles. The summed E-state index contributed by atoms with van der Waals surface area (Å²) in [5.41, 5.74) is 0.843. The fourth-order valence-corrected chi connectivity index (χ4v) is 2.01. The molecule has 1 fully saturated rings. The van der Waals surface area contributed by atoms with Crippen LogP contribution < -0.4 is 4.73 Å². The molecule has 1 aromatic rings. The number of pyridine rings is 1. The molecule has 1 atom stereocenters. The Labute approximate surface area is 106 Å². The highest BCUT2D eigenvalue weighted by molar-refractivity contribution is 6.28. The van der Waals surface area contributed by atoms with E-state index < -0.39 is 0 Å². The summed E-state index contributed by atoms with van der Waals surface area (Å²) >= 11 is 5.67. The number of hydrogen-bond acceptors (Lipinski definition) is 3. The number of hydrogen-bond donors (Lipinski definition) is 0. The van der Waals surface area contributed by atoms with Crippen LogP contribution >= 0.6 is 11.6 Å². The number of rotatable bonds is 3. The van der Waals surface area contributed by atoms with Gasteiger partial charge in [0.2, 0.25) is 0 Å². The highest BCUT2D eigenvalue weighted by Gasteiger charge is 2.19. The molecular formula is C12H16ClNO3. The second-order valence-corrected chi connectivity index (χ2v) is 4.59. The molecule has 17 heavy (non-hydrogen) atoms. The van der Waals surface area contributed by atoms with E-state index in [1.165, 1.54) is 6.20 Å². The Bertz CT molecular complexity index is 380. The van der Waals surface area contributed by atoms with Crippen LogP contribution in [0.5, 0.6) is 0 Å². The van der Waals surface area contributed by atoms with E-state index in [-0.39, 0.29) is 17.4 Å². The summed E-state index contributed by atoms with van der Waals surface area (Å²) in [7, 11) is 0. The Kier molecular flexibility index (Phi) is 4.20. The average molecular weight is 258 g/mol. The largest absolute Gasteiger partial charge is 0.618 e.